The average Bonchev–Trinajstić information content (AvgIpc) is 2.93. The van der Waals surface area contributed by atoms with Gasteiger partial charge in [0.05, 0.1) is 0 Å². The lowest BCUT2D eigenvalue weighted by Gasteiger charge is -2.38. The number of likely N-dealkylation sites (N-methyl/N-ethyl adjacent to an activating group) is 1. The van der Waals surface area contributed by atoms with Crippen LogP contribution in [0.15, 0.2) is 30.3 Å². The first-order valence-corrected chi connectivity index (χ1v) is 9.72. The van der Waals surface area contributed by atoms with Crippen LogP contribution in [0, 0.1) is 5.92 Å². The Balaban J connectivity index is 1.82. The van der Waals surface area contributed by atoms with E-state index >= 15 is 0 Å². The maximum absolute atomic E-state index is 13.3. The summed E-state index contributed by atoms with van der Waals surface area (Å²) in [6.45, 7) is 3.71. The van der Waals surface area contributed by atoms with Gasteiger partial charge in [-0.1, -0.05) is 30.3 Å². The molecule has 1 aromatic rings. The van der Waals surface area contributed by atoms with Crippen molar-refractivity contribution in [1.29, 1.82) is 0 Å². The van der Waals surface area contributed by atoms with Crippen molar-refractivity contribution >= 4 is 17.8 Å². The van der Waals surface area contributed by atoms with Crippen LogP contribution in [0.1, 0.15) is 31.7 Å². The van der Waals surface area contributed by atoms with E-state index in [-0.39, 0.29) is 24.3 Å². The van der Waals surface area contributed by atoms with Crippen molar-refractivity contribution < 1.29 is 14.4 Å². The SMILES string of the molecule is CCNC(=O)CN1C(=O)NC(CCc2ccccc2)(C2CCNCC2)C1=O. The number of benzene rings is 1. The van der Waals surface area contributed by atoms with Gasteiger partial charge in [0, 0.05) is 6.54 Å². The Morgan fingerprint density at radius 1 is 1.22 bits per heavy atom. The van der Waals surface area contributed by atoms with Crippen molar-refractivity contribution in [3.63, 3.8) is 0 Å². The van der Waals surface area contributed by atoms with Gasteiger partial charge in [-0.3, -0.25) is 14.5 Å². The van der Waals surface area contributed by atoms with Gasteiger partial charge < -0.3 is 16.0 Å². The van der Waals surface area contributed by atoms with Gasteiger partial charge in [0.2, 0.25) is 5.91 Å². The van der Waals surface area contributed by atoms with E-state index in [1.54, 1.807) is 0 Å². The van der Waals surface area contributed by atoms with E-state index < -0.39 is 11.6 Å². The molecule has 146 valence electrons. The molecule has 0 saturated carbocycles. The number of amides is 4. The number of carbonyl (C=O) groups excluding carboxylic acids is 3. The highest BCUT2D eigenvalue weighted by molar-refractivity contribution is 6.09. The van der Waals surface area contributed by atoms with E-state index in [2.05, 4.69) is 16.0 Å². The number of rotatable bonds is 7. The smallest absolute Gasteiger partial charge is 0.325 e. The highest BCUT2D eigenvalue weighted by Crippen LogP contribution is 2.35. The summed E-state index contributed by atoms with van der Waals surface area (Å²) in [6.07, 6.45) is 2.90. The van der Waals surface area contributed by atoms with Gasteiger partial charge in [0.15, 0.2) is 0 Å². The third-order valence-corrected chi connectivity index (χ3v) is 5.56. The summed E-state index contributed by atoms with van der Waals surface area (Å²) >= 11 is 0. The molecule has 7 heteroatoms. The molecule has 0 spiro atoms. The lowest BCUT2D eigenvalue weighted by atomic mass is 9.74. The number of imide groups is 1. The van der Waals surface area contributed by atoms with Gasteiger partial charge in [-0.2, -0.15) is 0 Å². The third kappa shape index (κ3) is 4.13. The van der Waals surface area contributed by atoms with Crippen LogP contribution in [-0.4, -0.2) is 54.5 Å². The summed E-state index contributed by atoms with van der Waals surface area (Å²) in [4.78, 5) is 39.0. The summed E-state index contributed by atoms with van der Waals surface area (Å²) in [7, 11) is 0. The molecule has 3 rings (SSSR count). The Kier molecular flexibility index (Phi) is 6.11. The van der Waals surface area contributed by atoms with Crippen LogP contribution in [0.5, 0.6) is 0 Å². The van der Waals surface area contributed by atoms with Gasteiger partial charge >= 0.3 is 6.03 Å². The zero-order valence-corrected chi connectivity index (χ0v) is 15.8. The van der Waals surface area contributed by atoms with Crippen molar-refractivity contribution in [1.82, 2.24) is 20.9 Å². The predicted molar refractivity (Wildman–Crippen MR) is 102 cm³/mol. The Morgan fingerprint density at radius 2 is 1.93 bits per heavy atom. The van der Waals surface area contributed by atoms with Gasteiger partial charge in [-0.25, -0.2) is 4.79 Å². The van der Waals surface area contributed by atoms with Crippen LogP contribution in [0.4, 0.5) is 4.79 Å². The fourth-order valence-electron chi connectivity index (χ4n) is 4.14. The minimum Gasteiger partial charge on any atom is -0.355 e. The highest BCUT2D eigenvalue weighted by Gasteiger charge is 2.55. The van der Waals surface area contributed by atoms with Crippen LogP contribution >= 0.6 is 0 Å². The zero-order chi connectivity index (χ0) is 19.3. The number of urea groups is 1. The fraction of sp³-hybridized carbons (Fsp3) is 0.550. The second-order valence-corrected chi connectivity index (χ2v) is 7.26. The van der Waals surface area contributed by atoms with Crippen molar-refractivity contribution in [2.75, 3.05) is 26.2 Å². The highest BCUT2D eigenvalue weighted by atomic mass is 16.2. The molecule has 2 aliphatic heterocycles. The van der Waals surface area contributed by atoms with Crippen molar-refractivity contribution in [3.05, 3.63) is 35.9 Å². The Morgan fingerprint density at radius 3 is 2.59 bits per heavy atom. The fourth-order valence-corrected chi connectivity index (χ4v) is 4.14. The molecule has 1 aromatic carbocycles. The maximum atomic E-state index is 13.3. The Labute approximate surface area is 159 Å². The van der Waals surface area contributed by atoms with E-state index in [1.165, 1.54) is 0 Å². The van der Waals surface area contributed by atoms with Crippen LogP contribution < -0.4 is 16.0 Å². The van der Waals surface area contributed by atoms with Crippen LogP contribution in [0.2, 0.25) is 0 Å². The standard InChI is InChI=1S/C20H28N4O3/c1-2-22-17(25)14-24-18(26)20(23-19(24)27,16-9-12-21-13-10-16)11-8-15-6-4-3-5-7-15/h3-7,16,21H,2,8-14H2,1H3,(H,22,25)(H,23,27). The Bertz CT molecular complexity index is 688. The molecule has 4 amide bonds. The molecule has 3 N–H and O–H groups in total. The average molecular weight is 372 g/mol. The van der Waals surface area contributed by atoms with E-state index in [9.17, 15) is 14.4 Å². The van der Waals surface area contributed by atoms with Crippen molar-refractivity contribution in [3.8, 4) is 0 Å². The first kappa shape index (κ1) is 19.4. The van der Waals surface area contributed by atoms with Crippen LogP contribution in [0.3, 0.4) is 0 Å². The summed E-state index contributed by atoms with van der Waals surface area (Å²) in [5.41, 5.74) is 0.205. The van der Waals surface area contributed by atoms with Crippen LogP contribution in [-0.2, 0) is 16.0 Å². The largest absolute Gasteiger partial charge is 0.355 e. The molecule has 27 heavy (non-hydrogen) atoms. The molecule has 0 radical (unpaired) electrons. The van der Waals surface area contributed by atoms with Gasteiger partial charge in [-0.15, -0.1) is 0 Å². The summed E-state index contributed by atoms with van der Waals surface area (Å²) in [5, 5.41) is 8.95. The third-order valence-electron chi connectivity index (χ3n) is 5.56. The molecule has 2 saturated heterocycles. The van der Waals surface area contributed by atoms with Gasteiger partial charge in [-0.05, 0) is 57.2 Å². The number of nitrogens with one attached hydrogen (secondary N) is 3. The molecular formula is C20H28N4O3. The van der Waals surface area contributed by atoms with E-state index in [1.807, 2.05) is 37.3 Å². The quantitative estimate of drug-likeness (QED) is 0.624. The molecule has 0 bridgehead atoms. The van der Waals surface area contributed by atoms with Crippen molar-refractivity contribution in [2.45, 2.75) is 38.1 Å². The predicted octanol–water partition coefficient (Wildman–Crippen LogP) is 1.05. The number of hydrogen-bond donors (Lipinski definition) is 3. The molecule has 1 unspecified atom stereocenters. The van der Waals surface area contributed by atoms with E-state index in [0.717, 1.165) is 36.4 Å². The van der Waals surface area contributed by atoms with E-state index in [4.69, 9.17) is 0 Å². The summed E-state index contributed by atoms with van der Waals surface area (Å²) in [6, 6.07) is 9.51. The minimum absolute atomic E-state index is 0.0677. The molecule has 2 heterocycles. The lowest BCUT2D eigenvalue weighted by molar-refractivity contribution is -0.137. The second-order valence-electron chi connectivity index (χ2n) is 7.26. The molecule has 2 fully saturated rings. The van der Waals surface area contributed by atoms with Gasteiger partial charge in [0.1, 0.15) is 12.1 Å². The van der Waals surface area contributed by atoms with Gasteiger partial charge in [0.25, 0.3) is 5.91 Å². The lowest BCUT2D eigenvalue weighted by Crippen LogP contribution is -2.56. The summed E-state index contributed by atoms with van der Waals surface area (Å²) < 4.78 is 0. The number of aryl methyl sites for hydroxylation is 1. The minimum atomic E-state index is -0.929. The Hall–Kier alpha value is -2.41. The number of nitrogens with zero attached hydrogens (tertiary/aromatic N) is 1. The van der Waals surface area contributed by atoms with Crippen LogP contribution in [0.25, 0.3) is 0 Å². The number of piperidine rings is 1. The maximum Gasteiger partial charge on any atom is 0.325 e. The molecule has 0 aromatic heterocycles. The molecular weight excluding hydrogens is 344 g/mol. The monoisotopic (exact) mass is 372 g/mol. The van der Waals surface area contributed by atoms with E-state index in [0.29, 0.717) is 19.4 Å². The second kappa shape index (κ2) is 8.52. The normalized spacial score (nSPS) is 23.4. The zero-order valence-electron chi connectivity index (χ0n) is 15.8. The first-order valence-electron chi connectivity index (χ1n) is 9.72. The first-order chi connectivity index (χ1) is 13.1. The summed E-state index contributed by atoms with van der Waals surface area (Å²) in [5.74, 6) is -0.509. The number of hydrogen-bond acceptors (Lipinski definition) is 4. The van der Waals surface area contributed by atoms with Crippen molar-refractivity contribution in [2.24, 2.45) is 5.92 Å². The molecule has 0 aliphatic carbocycles. The topological polar surface area (TPSA) is 90.5 Å². The molecule has 2 aliphatic rings. The molecule has 7 nitrogen and oxygen atoms in total. The number of carbonyl (C=O) groups is 3. The molecule has 1 atom stereocenters.